The summed E-state index contributed by atoms with van der Waals surface area (Å²) in [4.78, 5) is 17.9. The Bertz CT molecular complexity index is 1490. The number of ether oxygens (including phenoxy) is 2. The van der Waals surface area contributed by atoms with E-state index < -0.39 is 0 Å². The van der Waals surface area contributed by atoms with Crippen molar-refractivity contribution in [1.82, 2.24) is 14.7 Å². The minimum atomic E-state index is -0.136. The van der Waals surface area contributed by atoms with Crippen molar-refractivity contribution in [2.45, 2.75) is 6.92 Å². The predicted octanol–water partition coefficient (Wildman–Crippen LogP) is 5.12. The second-order valence-corrected chi connectivity index (χ2v) is 7.31. The zero-order valence-electron chi connectivity index (χ0n) is 18.2. The fourth-order valence-electron chi connectivity index (χ4n) is 3.80. The van der Waals surface area contributed by atoms with Crippen LogP contribution in [0.1, 0.15) is 6.92 Å². The van der Waals surface area contributed by atoms with E-state index in [1.54, 1.807) is 23.9 Å². The molecule has 0 fully saturated rings. The number of methoxy groups -OCH3 is 1. The lowest BCUT2D eigenvalue weighted by molar-refractivity contribution is 0.340. The van der Waals surface area contributed by atoms with Gasteiger partial charge in [-0.25, -0.2) is 0 Å². The van der Waals surface area contributed by atoms with Crippen LogP contribution in [0.5, 0.6) is 11.5 Å². The summed E-state index contributed by atoms with van der Waals surface area (Å²) in [5, 5.41) is 5.46. The first-order valence-corrected chi connectivity index (χ1v) is 10.5. The number of pyridine rings is 1. The van der Waals surface area contributed by atoms with E-state index >= 15 is 0 Å². The molecule has 0 atom stereocenters. The number of hydrogen-bond acceptors (Lipinski definition) is 6. The number of fused-ring (bicyclic) bond motifs is 1. The predicted molar refractivity (Wildman–Crippen MR) is 126 cm³/mol. The van der Waals surface area contributed by atoms with E-state index in [0.717, 1.165) is 16.7 Å². The molecular weight excluding hydrogens is 418 g/mol. The molecule has 0 aliphatic rings. The molecule has 5 aromatic rings. The van der Waals surface area contributed by atoms with E-state index in [-0.39, 0.29) is 5.56 Å². The first-order chi connectivity index (χ1) is 16.2. The second-order valence-electron chi connectivity index (χ2n) is 7.31. The standard InChI is InChI=1S/C26H21N3O4/c1-3-32-18-14-12-17(13-15-18)29-16-22(19-8-4-5-9-20(19)26(29)30)25-27-24(28-33-25)21-10-6-7-11-23(21)31-2/h4-16H,3H2,1-2H3. The molecule has 0 N–H and O–H groups in total. The Morgan fingerprint density at radius 2 is 1.64 bits per heavy atom. The van der Waals surface area contributed by atoms with E-state index in [1.807, 2.05) is 73.7 Å². The molecule has 0 aliphatic carbocycles. The second kappa shape index (κ2) is 8.63. The highest BCUT2D eigenvalue weighted by Crippen LogP contribution is 2.31. The van der Waals surface area contributed by atoms with Gasteiger partial charge >= 0.3 is 0 Å². The van der Waals surface area contributed by atoms with Crippen molar-refractivity contribution < 1.29 is 14.0 Å². The van der Waals surface area contributed by atoms with Crippen LogP contribution in [0.3, 0.4) is 0 Å². The lowest BCUT2D eigenvalue weighted by atomic mass is 10.1. The highest BCUT2D eigenvalue weighted by atomic mass is 16.5. The van der Waals surface area contributed by atoms with Crippen LogP contribution in [0.4, 0.5) is 0 Å². The molecule has 0 radical (unpaired) electrons. The van der Waals surface area contributed by atoms with Crippen molar-refractivity contribution in [2.75, 3.05) is 13.7 Å². The van der Waals surface area contributed by atoms with Crippen molar-refractivity contribution in [3.05, 3.63) is 89.3 Å². The number of nitrogens with zero attached hydrogens (tertiary/aromatic N) is 3. The SMILES string of the molecule is CCOc1ccc(-n2cc(-c3nc(-c4ccccc4OC)no3)c3ccccc3c2=O)cc1. The zero-order valence-corrected chi connectivity index (χ0v) is 18.2. The van der Waals surface area contributed by atoms with Gasteiger partial charge in [-0.1, -0.05) is 35.5 Å². The number of benzene rings is 3. The summed E-state index contributed by atoms with van der Waals surface area (Å²) in [5.41, 5.74) is 1.95. The molecule has 0 bridgehead atoms. The summed E-state index contributed by atoms with van der Waals surface area (Å²) in [5.74, 6) is 2.11. The topological polar surface area (TPSA) is 79.4 Å². The third kappa shape index (κ3) is 3.74. The molecule has 164 valence electrons. The quantitative estimate of drug-likeness (QED) is 0.366. The Kier molecular flexibility index (Phi) is 5.36. The smallest absolute Gasteiger partial charge is 0.262 e. The molecule has 7 nitrogen and oxygen atoms in total. The molecule has 7 heteroatoms. The maximum atomic E-state index is 13.3. The van der Waals surface area contributed by atoms with Gasteiger partial charge in [0.1, 0.15) is 11.5 Å². The van der Waals surface area contributed by atoms with Crippen LogP contribution in [0, 0.1) is 0 Å². The molecule has 0 spiro atoms. The summed E-state index contributed by atoms with van der Waals surface area (Å²) in [6, 6.07) is 22.2. The fraction of sp³-hybridized carbons (Fsp3) is 0.115. The molecule has 0 amide bonds. The van der Waals surface area contributed by atoms with Gasteiger partial charge in [-0.05, 0) is 49.4 Å². The Morgan fingerprint density at radius 3 is 2.39 bits per heavy atom. The van der Waals surface area contributed by atoms with Gasteiger partial charge in [-0.3, -0.25) is 9.36 Å². The van der Waals surface area contributed by atoms with E-state index in [1.165, 1.54) is 0 Å². The molecule has 0 aliphatic heterocycles. The van der Waals surface area contributed by atoms with Gasteiger partial charge in [0.25, 0.3) is 11.4 Å². The minimum absolute atomic E-state index is 0.136. The van der Waals surface area contributed by atoms with E-state index in [9.17, 15) is 4.79 Å². The van der Waals surface area contributed by atoms with Crippen LogP contribution < -0.4 is 15.0 Å². The van der Waals surface area contributed by atoms with Crippen LogP contribution in [-0.4, -0.2) is 28.4 Å². The van der Waals surface area contributed by atoms with Gasteiger partial charge in [0.15, 0.2) is 0 Å². The van der Waals surface area contributed by atoms with Crippen LogP contribution >= 0.6 is 0 Å². The summed E-state index contributed by atoms with van der Waals surface area (Å²) >= 11 is 0. The van der Waals surface area contributed by atoms with Crippen LogP contribution in [-0.2, 0) is 0 Å². The summed E-state index contributed by atoms with van der Waals surface area (Å²) in [6.45, 7) is 2.50. The van der Waals surface area contributed by atoms with Gasteiger partial charge in [-0.15, -0.1) is 0 Å². The van der Waals surface area contributed by atoms with Crippen molar-refractivity contribution in [3.63, 3.8) is 0 Å². The Labute approximate surface area is 189 Å². The van der Waals surface area contributed by atoms with Crippen LogP contribution in [0.2, 0.25) is 0 Å². The number of rotatable bonds is 6. The number of para-hydroxylation sites is 1. The third-order valence-corrected chi connectivity index (χ3v) is 5.35. The molecule has 0 saturated heterocycles. The van der Waals surface area contributed by atoms with E-state index in [2.05, 4.69) is 10.1 Å². The van der Waals surface area contributed by atoms with Crippen molar-refractivity contribution >= 4 is 10.8 Å². The van der Waals surface area contributed by atoms with Gasteiger partial charge in [0, 0.05) is 22.7 Å². The highest BCUT2D eigenvalue weighted by molar-refractivity contribution is 5.94. The van der Waals surface area contributed by atoms with Crippen molar-refractivity contribution in [2.24, 2.45) is 0 Å². The first kappa shape index (κ1) is 20.5. The van der Waals surface area contributed by atoms with Gasteiger partial charge in [0.2, 0.25) is 5.82 Å². The van der Waals surface area contributed by atoms with Gasteiger partial charge < -0.3 is 14.0 Å². The van der Waals surface area contributed by atoms with Crippen molar-refractivity contribution in [3.8, 4) is 40.0 Å². The Morgan fingerprint density at radius 1 is 0.909 bits per heavy atom. The maximum absolute atomic E-state index is 13.3. The van der Waals surface area contributed by atoms with Gasteiger partial charge in [0.05, 0.1) is 24.8 Å². The maximum Gasteiger partial charge on any atom is 0.262 e. The summed E-state index contributed by atoms with van der Waals surface area (Å²) < 4.78 is 18.2. The molecule has 3 aromatic carbocycles. The lowest BCUT2D eigenvalue weighted by Crippen LogP contribution is -2.18. The summed E-state index contributed by atoms with van der Waals surface area (Å²) in [6.07, 6.45) is 1.74. The number of hydrogen-bond donors (Lipinski definition) is 0. The largest absolute Gasteiger partial charge is 0.496 e. The van der Waals surface area contributed by atoms with E-state index in [4.69, 9.17) is 14.0 Å². The zero-order chi connectivity index (χ0) is 22.8. The van der Waals surface area contributed by atoms with Gasteiger partial charge in [-0.2, -0.15) is 4.98 Å². The normalized spacial score (nSPS) is 11.0. The monoisotopic (exact) mass is 439 g/mol. The Balaban J connectivity index is 1.67. The average molecular weight is 439 g/mol. The first-order valence-electron chi connectivity index (χ1n) is 10.5. The lowest BCUT2D eigenvalue weighted by Gasteiger charge is -2.11. The highest BCUT2D eigenvalue weighted by Gasteiger charge is 2.18. The summed E-state index contributed by atoms with van der Waals surface area (Å²) in [7, 11) is 1.60. The fourth-order valence-corrected chi connectivity index (χ4v) is 3.80. The minimum Gasteiger partial charge on any atom is -0.496 e. The molecule has 2 heterocycles. The molecule has 2 aromatic heterocycles. The number of aromatic nitrogens is 3. The third-order valence-electron chi connectivity index (χ3n) is 5.35. The van der Waals surface area contributed by atoms with E-state index in [0.29, 0.717) is 40.7 Å². The molecule has 0 unspecified atom stereocenters. The van der Waals surface area contributed by atoms with Crippen LogP contribution in [0.25, 0.3) is 39.3 Å². The van der Waals surface area contributed by atoms with Crippen molar-refractivity contribution in [1.29, 1.82) is 0 Å². The molecule has 0 saturated carbocycles. The molecular formula is C26H21N3O4. The average Bonchev–Trinajstić information content (AvgIpc) is 3.35. The molecule has 33 heavy (non-hydrogen) atoms. The van der Waals surface area contributed by atoms with Crippen LogP contribution in [0.15, 0.2) is 88.3 Å². The Hall–Kier alpha value is -4.39. The molecule has 5 rings (SSSR count).